The van der Waals surface area contributed by atoms with Crippen molar-refractivity contribution < 1.29 is 9.59 Å². The average molecular weight is 364 g/mol. The van der Waals surface area contributed by atoms with Gasteiger partial charge < -0.3 is 15.5 Å². The SMILES string of the molecule is C[C@@H]1C[C@@H]1C(=O)NCCC(=O)NC[C@H]1CCN(c2ccc(Cl)cc2)C1. The van der Waals surface area contributed by atoms with E-state index in [9.17, 15) is 9.59 Å². The second-order valence-electron chi connectivity index (χ2n) is 7.24. The van der Waals surface area contributed by atoms with Crippen LogP contribution in [-0.4, -0.2) is 38.0 Å². The summed E-state index contributed by atoms with van der Waals surface area (Å²) in [6.45, 7) is 5.13. The highest BCUT2D eigenvalue weighted by atomic mass is 35.5. The number of nitrogens with one attached hydrogen (secondary N) is 2. The lowest BCUT2D eigenvalue weighted by molar-refractivity contribution is -0.123. The minimum absolute atomic E-state index is 0.00842. The number of nitrogens with zero attached hydrogens (tertiary/aromatic N) is 1. The molecule has 2 amide bonds. The summed E-state index contributed by atoms with van der Waals surface area (Å²) in [4.78, 5) is 26.0. The van der Waals surface area contributed by atoms with Gasteiger partial charge in [-0.05, 0) is 48.9 Å². The van der Waals surface area contributed by atoms with E-state index in [0.29, 0.717) is 31.3 Å². The molecule has 1 aromatic rings. The number of amides is 2. The smallest absolute Gasteiger partial charge is 0.223 e. The van der Waals surface area contributed by atoms with Gasteiger partial charge in [-0.1, -0.05) is 18.5 Å². The molecule has 2 fully saturated rings. The third-order valence-electron chi connectivity index (χ3n) is 5.16. The second kappa shape index (κ2) is 8.09. The first-order chi connectivity index (χ1) is 12.0. The largest absolute Gasteiger partial charge is 0.371 e. The fourth-order valence-electron chi connectivity index (χ4n) is 3.35. The lowest BCUT2D eigenvalue weighted by Gasteiger charge is -2.19. The van der Waals surface area contributed by atoms with Crippen LogP contribution in [0.25, 0.3) is 0 Å². The molecule has 136 valence electrons. The quantitative estimate of drug-likeness (QED) is 0.782. The number of hydrogen-bond acceptors (Lipinski definition) is 3. The molecular weight excluding hydrogens is 338 g/mol. The lowest BCUT2D eigenvalue weighted by atomic mass is 10.1. The summed E-state index contributed by atoms with van der Waals surface area (Å²) in [5.41, 5.74) is 1.18. The monoisotopic (exact) mass is 363 g/mol. The zero-order valence-electron chi connectivity index (χ0n) is 14.6. The summed E-state index contributed by atoms with van der Waals surface area (Å²) >= 11 is 5.93. The van der Waals surface area contributed by atoms with E-state index in [1.54, 1.807) is 0 Å². The van der Waals surface area contributed by atoms with Crippen LogP contribution < -0.4 is 15.5 Å². The molecule has 1 aromatic carbocycles. The molecule has 1 heterocycles. The Kier molecular flexibility index (Phi) is 5.84. The van der Waals surface area contributed by atoms with E-state index in [1.807, 2.05) is 24.3 Å². The molecule has 1 saturated carbocycles. The maximum absolute atomic E-state index is 11.9. The first-order valence-corrected chi connectivity index (χ1v) is 9.45. The van der Waals surface area contributed by atoms with Gasteiger partial charge in [-0.15, -0.1) is 0 Å². The van der Waals surface area contributed by atoms with Gasteiger partial charge in [0.05, 0.1) is 0 Å². The van der Waals surface area contributed by atoms with Gasteiger partial charge in [0.1, 0.15) is 0 Å². The summed E-state index contributed by atoms with van der Waals surface area (Å²) in [6.07, 6.45) is 2.39. The van der Waals surface area contributed by atoms with E-state index in [0.717, 1.165) is 31.0 Å². The number of hydrogen-bond donors (Lipinski definition) is 2. The number of benzene rings is 1. The Balaban J connectivity index is 1.31. The minimum atomic E-state index is 0.00842. The number of carbonyl (C=O) groups is 2. The fourth-order valence-corrected chi connectivity index (χ4v) is 3.48. The summed E-state index contributed by atoms with van der Waals surface area (Å²) in [5.74, 6) is 1.23. The van der Waals surface area contributed by atoms with Crippen molar-refractivity contribution in [2.75, 3.05) is 31.1 Å². The van der Waals surface area contributed by atoms with Crippen LogP contribution in [-0.2, 0) is 9.59 Å². The third-order valence-corrected chi connectivity index (χ3v) is 5.42. The van der Waals surface area contributed by atoms with Gasteiger partial charge >= 0.3 is 0 Å². The zero-order chi connectivity index (χ0) is 17.8. The van der Waals surface area contributed by atoms with E-state index in [2.05, 4.69) is 22.5 Å². The molecule has 2 aliphatic rings. The Bertz CT molecular complexity index is 620. The Morgan fingerprint density at radius 2 is 1.96 bits per heavy atom. The molecule has 2 N–H and O–H groups in total. The van der Waals surface area contributed by atoms with Crippen LogP contribution in [0.1, 0.15) is 26.2 Å². The Hall–Kier alpha value is -1.75. The van der Waals surface area contributed by atoms with Crippen LogP contribution in [0.15, 0.2) is 24.3 Å². The van der Waals surface area contributed by atoms with Crippen molar-refractivity contribution in [2.24, 2.45) is 17.8 Å². The highest BCUT2D eigenvalue weighted by Crippen LogP contribution is 2.37. The molecule has 3 atom stereocenters. The van der Waals surface area contributed by atoms with Crippen molar-refractivity contribution >= 4 is 29.1 Å². The highest BCUT2D eigenvalue weighted by molar-refractivity contribution is 6.30. The molecular formula is C19H26ClN3O2. The van der Waals surface area contributed by atoms with Gasteiger partial charge in [-0.3, -0.25) is 9.59 Å². The second-order valence-corrected chi connectivity index (χ2v) is 7.68. The Morgan fingerprint density at radius 1 is 1.24 bits per heavy atom. The molecule has 0 unspecified atom stereocenters. The zero-order valence-corrected chi connectivity index (χ0v) is 15.4. The standard InChI is InChI=1S/C19H26ClN3O2/c1-13-10-17(13)19(25)21-8-6-18(24)22-11-14-7-9-23(12-14)16-4-2-15(20)3-5-16/h2-5,13-14,17H,6-12H2,1H3,(H,21,25)(H,22,24)/t13-,14-,17+/m1/s1. The molecule has 1 aliphatic heterocycles. The number of halogens is 1. The lowest BCUT2D eigenvalue weighted by Crippen LogP contribution is -2.34. The van der Waals surface area contributed by atoms with Crippen molar-refractivity contribution in [3.63, 3.8) is 0 Å². The van der Waals surface area contributed by atoms with Gasteiger partial charge in [0.25, 0.3) is 0 Å². The Labute approximate surface area is 154 Å². The molecule has 3 rings (SSSR count). The van der Waals surface area contributed by atoms with Gasteiger partial charge in [-0.2, -0.15) is 0 Å². The molecule has 0 radical (unpaired) electrons. The van der Waals surface area contributed by atoms with Crippen molar-refractivity contribution in [3.05, 3.63) is 29.3 Å². The van der Waals surface area contributed by atoms with Crippen molar-refractivity contribution in [3.8, 4) is 0 Å². The first-order valence-electron chi connectivity index (χ1n) is 9.08. The third kappa shape index (κ3) is 5.11. The fraction of sp³-hybridized carbons (Fsp3) is 0.579. The van der Waals surface area contributed by atoms with E-state index < -0.39 is 0 Å². The molecule has 6 heteroatoms. The van der Waals surface area contributed by atoms with Gasteiger partial charge in [-0.25, -0.2) is 0 Å². The van der Waals surface area contributed by atoms with Crippen LogP contribution in [0.3, 0.4) is 0 Å². The van der Waals surface area contributed by atoms with Gasteiger partial charge in [0, 0.05) is 49.2 Å². The number of anilines is 1. The number of carbonyl (C=O) groups excluding carboxylic acids is 2. The van der Waals surface area contributed by atoms with Crippen molar-refractivity contribution in [1.82, 2.24) is 10.6 Å². The average Bonchev–Trinajstić information content (AvgIpc) is 3.15. The first kappa shape index (κ1) is 18.1. The van der Waals surface area contributed by atoms with E-state index in [4.69, 9.17) is 11.6 Å². The Morgan fingerprint density at radius 3 is 2.64 bits per heavy atom. The summed E-state index contributed by atoms with van der Waals surface area (Å²) in [7, 11) is 0. The van der Waals surface area contributed by atoms with Crippen LogP contribution in [0, 0.1) is 17.8 Å². The summed E-state index contributed by atoms with van der Waals surface area (Å²) < 4.78 is 0. The highest BCUT2D eigenvalue weighted by Gasteiger charge is 2.38. The van der Waals surface area contributed by atoms with Crippen LogP contribution in [0.4, 0.5) is 5.69 Å². The van der Waals surface area contributed by atoms with E-state index >= 15 is 0 Å². The van der Waals surface area contributed by atoms with Crippen LogP contribution in [0.2, 0.25) is 5.02 Å². The van der Waals surface area contributed by atoms with E-state index in [-0.39, 0.29) is 17.7 Å². The minimum Gasteiger partial charge on any atom is -0.371 e. The number of rotatable bonds is 7. The van der Waals surface area contributed by atoms with Gasteiger partial charge in [0.2, 0.25) is 11.8 Å². The molecule has 5 nitrogen and oxygen atoms in total. The van der Waals surface area contributed by atoms with Gasteiger partial charge in [0.15, 0.2) is 0 Å². The molecule has 0 spiro atoms. The summed E-state index contributed by atoms with van der Waals surface area (Å²) in [6, 6.07) is 7.88. The summed E-state index contributed by atoms with van der Waals surface area (Å²) in [5, 5.41) is 6.59. The molecule has 0 bridgehead atoms. The van der Waals surface area contributed by atoms with Crippen LogP contribution in [0.5, 0.6) is 0 Å². The topological polar surface area (TPSA) is 61.4 Å². The molecule has 1 aliphatic carbocycles. The molecule has 25 heavy (non-hydrogen) atoms. The predicted octanol–water partition coefficient (Wildman–Crippen LogP) is 2.44. The maximum atomic E-state index is 11.9. The van der Waals surface area contributed by atoms with Crippen LogP contribution >= 0.6 is 11.6 Å². The maximum Gasteiger partial charge on any atom is 0.223 e. The van der Waals surface area contributed by atoms with E-state index in [1.165, 1.54) is 5.69 Å². The van der Waals surface area contributed by atoms with Crippen molar-refractivity contribution in [1.29, 1.82) is 0 Å². The normalized spacial score (nSPS) is 24.9. The molecule has 1 saturated heterocycles. The molecule has 0 aromatic heterocycles. The predicted molar refractivity (Wildman–Crippen MR) is 99.7 cm³/mol. The van der Waals surface area contributed by atoms with Crippen molar-refractivity contribution in [2.45, 2.75) is 26.2 Å².